The molecule has 134 valence electrons. The van der Waals surface area contributed by atoms with Crippen LogP contribution in [0.2, 0.25) is 0 Å². The zero-order chi connectivity index (χ0) is 17.9. The quantitative estimate of drug-likeness (QED) is 0.748. The standard InChI is InChI=1S/C20H20F2N4/c21-16-9-8-14(12-17(16)22)13-23-19-15-6-2-3-7-18(15)24-20(25-19)26-10-4-1-5-11-26/h2-3,6-9,12H,1,4-5,10-11,13H2,(H,23,24,25). The third-order valence-corrected chi connectivity index (χ3v) is 4.67. The van der Waals surface area contributed by atoms with Crippen molar-refractivity contribution in [3.05, 3.63) is 59.7 Å². The second kappa shape index (κ2) is 7.23. The summed E-state index contributed by atoms with van der Waals surface area (Å²) in [6, 6.07) is 11.7. The van der Waals surface area contributed by atoms with Crippen molar-refractivity contribution in [2.24, 2.45) is 0 Å². The van der Waals surface area contributed by atoms with Gasteiger partial charge in [0, 0.05) is 25.0 Å². The average Bonchev–Trinajstić information content (AvgIpc) is 2.69. The molecule has 6 heteroatoms. The van der Waals surface area contributed by atoms with Gasteiger partial charge in [-0.3, -0.25) is 0 Å². The molecule has 0 spiro atoms. The fraction of sp³-hybridized carbons (Fsp3) is 0.300. The highest BCUT2D eigenvalue weighted by molar-refractivity contribution is 5.90. The van der Waals surface area contributed by atoms with Gasteiger partial charge in [0.15, 0.2) is 11.6 Å². The summed E-state index contributed by atoms with van der Waals surface area (Å²) in [6.45, 7) is 2.28. The molecule has 2 aromatic carbocycles. The van der Waals surface area contributed by atoms with E-state index in [0.29, 0.717) is 17.9 Å². The number of fused-ring (bicyclic) bond motifs is 1. The molecular formula is C20H20F2N4. The lowest BCUT2D eigenvalue weighted by Gasteiger charge is -2.27. The van der Waals surface area contributed by atoms with Crippen molar-refractivity contribution in [2.45, 2.75) is 25.8 Å². The summed E-state index contributed by atoms with van der Waals surface area (Å²) in [4.78, 5) is 11.6. The molecule has 4 nitrogen and oxygen atoms in total. The van der Waals surface area contributed by atoms with Gasteiger partial charge in [-0.2, -0.15) is 4.98 Å². The topological polar surface area (TPSA) is 41.1 Å². The van der Waals surface area contributed by atoms with Crippen molar-refractivity contribution in [3.8, 4) is 0 Å². The average molecular weight is 354 g/mol. The monoisotopic (exact) mass is 354 g/mol. The van der Waals surface area contributed by atoms with Crippen LogP contribution < -0.4 is 10.2 Å². The number of rotatable bonds is 4. The highest BCUT2D eigenvalue weighted by Crippen LogP contribution is 2.25. The highest BCUT2D eigenvalue weighted by Gasteiger charge is 2.16. The second-order valence-corrected chi connectivity index (χ2v) is 6.54. The first-order valence-corrected chi connectivity index (χ1v) is 8.90. The third kappa shape index (κ3) is 3.45. The lowest BCUT2D eigenvalue weighted by molar-refractivity contribution is 0.507. The Kier molecular flexibility index (Phi) is 4.65. The van der Waals surface area contributed by atoms with E-state index < -0.39 is 11.6 Å². The van der Waals surface area contributed by atoms with Crippen LogP contribution in [0.25, 0.3) is 10.9 Å². The molecule has 1 aromatic heterocycles. The molecule has 1 aliphatic rings. The van der Waals surface area contributed by atoms with Crippen molar-refractivity contribution in [1.29, 1.82) is 0 Å². The minimum Gasteiger partial charge on any atom is -0.365 e. The molecule has 0 aliphatic carbocycles. The number of nitrogens with one attached hydrogen (secondary N) is 1. The predicted octanol–water partition coefficient (Wildman–Crippen LogP) is 4.51. The smallest absolute Gasteiger partial charge is 0.227 e. The molecular weight excluding hydrogens is 334 g/mol. The fourth-order valence-electron chi connectivity index (χ4n) is 3.27. The molecule has 0 amide bonds. The summed E-state index contributed by atoms with van der Waals surface area (Å²) in [5.74, 6) is -0.253. The van der Waals surface area contributed by atoms with E-state index in [0.717, 1.165) is 48.8 Å². The van der Waals surface area contributed by atoms with Gasteiger partial charge in [0.1, 0.15) is 5.82 Å². The maximum Gasteiger partial charge on any atom is 0.227 e. The summed E-state index contributed by atoms with van der Waals surface area (Å²) in [5.41, 5.74) is 1.53. The Morgan fingerprint density at radius 1 is 0.923 bits per heavy atom. The first kappa shape index (κ1) is 16.7. The number of hydrogen-bond acceptors (Lipinski definition) is 4. The molecule has 26 heavy (non-hydrogen) atoms. The van der Waals surface area contributed by atoms with E-state index in [9.17, 15) is 8.78 Å². The van der Waals surface area contributed by atoms with Crippen molar-refractivity contribution < 1.29 is 8.78 Å². The molecule has 0 atom stereocenters. The van der Waals surface area contributed by atoms with E-state index in [2.05, 4.69) is 10.2 Å². The summed E-state index contributed by atoms with van der Waals surface area (Å²) < 4.78 is 26.5. The van der Waals surface area contributed by atoms with E-state index in [1.807, 2.05) is 24.3 Å². The number of aromatic nitrogens is 2. The number of hydrogen-bond donors (Lipinski definition) is 1. The number of piperidine rings is 1. The van der Waals surface area contributed by atoms with Crippen molar-refractivity contribution in [1.82, 2.24) is 9.97 Å². The van der Waals surface area contributed by atoms with E-state index >= 15 is 0 Å². The minimum absolute atomic E-state index is 0.359. The molecule has 1 fully saturated rings. The summed E-state index contributed by atoms with van der Waals surface area (Å²) in [7, 11) is 0. The Bertz CT molecular complexity index is 923. The molecule has 1 aliphatic heterocycles. The van der Waals surface area contributed by atoms with Crippen LogP contribution >= 0.6 is 0 Å². The lowest BCUT2D eigenvalue weighted by atomic mass is 10.1. The van der Waals surface area contributed by atoms with Crippen molar-refractivity contribution >= 4 is 22.7 Å². The van der Waals surface area contributed by atoms with Gasteiger partial charge in [-0.25, -0.2) is 13.8 Å². The van der Waals surface area contributed by atoms with Gasteiger partial charge >= 0.3 is 0 Å². The normalized spacial score (nSPS) is 14.6. The van der Waals surface area contributed by atoms with Gasteiger partial charge in [0.2, 0.25) is 5.95 Å². The molecule has 0 saturated carbocycles. The van der Waals surface area contributed by atoms with Gasteiger partial charge in [0.25, 0.3) is 0 Å². The molecule has 0 unspecified atom stereocenters. The van der Waals surface area contributed by atoms with Crippen LogP contribution in [0.1, 0.15) is 24.8 Å². The maximum atomic E-state index is 13.4. The Hall–Kier alpha value is -2.76. The van der Waals surface area contributed by atoms with Gasteiger partial charge in [-0.1, -0.05) is 18.2 Å². The third-order valence-electron chi connectivity index (χ3n) is 4.67. The van der Waals surface area contributed by atoms with E-state index in [-0.39, 0.29) is 0 Å². The first-order chi connectivity index (χ1) is 12.7. The molecule has 1 N–H and O–H groups in total. The number of anilines is 2. The van der Waals surface area contributed by atoms with Crippen LogP contribution in [-0.2, 0) is 6.54 Å². The number of halogens is 2. The van der Waals surface area contributed by atoms with Crippen LogP contribution in [0.15, 0.2) is 42.5 Å². The second-order valence-electron chi connectivity index (χ2n) is 6.54. The molecule has 1 saturated heterocycles. The molecule has 4 rings (SSSR count). The molecule has 0 radical (unpaired) electrons. The van der Waals surface area contributed by atoms with Crippen LogP contribution in [0, 0.1) is 11.6 Å². The van der Waals surface area contributed by atoms with E-state index in [1.54, 1.807) is 6.07 Å². The lowest BCUT2D eigenvalue weighted by Crippen LogP contribution is -2.31. The van der Waals surface area contributed by atoms with Crippen molar-refractivity contribution in [2.75, 3.05) is 23.3 Å². The fourth-order valence-corrected chi connectivity index (χ4v) is 3.27. The molecule has 2 heterocycles. The van der Waals surface area contributed by atoms with E-state index in [4.69, 9.17) is 9.97 Å². The number of benzene rings is 2. The summed E-state index contributed by atoms with van der Waals surface area (Å²) in [6.07, 6.45) is 3.53. The van der Waals surface area contributed by atoms with Gasteiger partial charge < -0.3 is 10.2 Å². The Morgan fingerprint density at radius 2 is 1.73 bits per heavy atom. The van der Waals surface area contributed by atoms with Gasteiger partial charge in [-0.05, 0) is 49.1 Å². The highest BCUT2D eigenvalue weighted by atomic mass is 19.2. The SMILES string of the molecule is Fc1ccc(CNc2nc(N3CCCCC3)nc3ccccc23)cc1F. The van der Waals surface area contributed by atoms with Crippen LogP contribution in [0.3, 0.4) is 0 Å². The first-order valence-electron chi connectivity index (χ1n) is 8.90. The number of nitrogens with zero attached hydrogens (tertiary/aromatic N) is 3. The molecule has 0 bridgehead atoms. The molecule has 3 aromatic rings. The Morgan fingerprint density at radius 3 is 2.54 bits per heavy atom. The van der Waals surface area contributed by atoms with Crippen LogP contribution in [-0.4, -0.2) is 23.1 Å². The van der Waals surface area contributed by atoms with Crippen molar-refractivity contribution in [3.63, 3.8) is 0 Å². The maximum absolute atomic E-state index is 13.4. The summed E-state index contributed by atoms with van der Waals surface area (Å²) >= 11 is 0. The van der Waals surface area contributed by atoms with E-state index in [1.165, 1.54) is 12.5 Å². The van der Waals surface area contributed by atoms with Crippen LogP contribution in [0.5, 0.6) is 0 Å². The zero-order valence-corrected chi connectivity index (χ0v) is 14.4. The Labute approximate surface area is 150 Å². The van der Waals surface area contributed by atoms with Gasteiger partial charge in [0.05, 0.1) is 5.52 Å². The van der Waals surface area contributed by atoms with Crippen LogP contribution in [0.4, 0.5) is 20.5 Å². The summed E-state index contributed by atoms with van der Waals surface area (Å²) in [5, 5.41) is 4.18. The van der Waals surface area contributed by atoms with Gasteiger partial charge in [-0.15, -0.1) is 0 Å². The minimum atomic E-state index is -0.842. The largest absolute Gasteiger partial charge is 0.365 e. The number of para-hydroxylation sites is 1. The Balaban J connectivity index is 1.64. The predicted molar refractivity (Wildman–Crippen MR) is 99.3 cm³/mol. The zero-order valence-electron chi connectivity index (χ0n) is 14.4.